The highest BCUT2D eigenvalue weighted by atomic mass is 16.3. The molecule has 2 fully saturated rings. The van der Waals surface area contributed by atoms with Gasteiger partial charge in [0.1, 0.15) is 0 Å². The minimum Gasteiger partial charge on any atom is -0.393 e. The van der Waals surface area contributed by atoms with Gasteiger partial charge in [0.25, 0.3) is 0 Å². The highest BCUT2D eigenvalue weighted by Crippen LogP contribution is 2.60. The smallest absolute Gasteiger partial charge is 0.0573 e. The largest absolute Gasteiger partial charge is 0.393 e. The predicted molar refractivity (Wildman–Crippen MR) is 36.1 cm³/mol. The Morgan fingerprint density at radius 1 is 1.56 bits per heavy atom. The van der Waals surface area contributed by atoms with Gasteiger partial charge in [-0.1, -0.05) is 13.3 Å². The molecule has 0 heterocycles. The molecule has 0 amide bonds. The van der Waals surface area contributed by atoms with E-state index in [0.29, 0.717) is 11.3 Å². The lowest BCUT2D eigenvalue weighted by Gasteiger charge is -2.21. The van der Waals surface area contributed by atoms with E-state index >= 15 is 0 Å². The average molecular weight is 126 g/mol. The summed E-state index contributed by atoms with van der Waals surface area (Å²) in [5.41, 5.74) is 0.567. The summed E-state index contributed by atoms with van der Waals surface area (Å²) in [6.45, 7) is 2.31. The number of aliphatic hydroxyl groups excluding tert-OH is 1. The van der Waals surface area contributed by atoms with Crippen molar-refractivity contribution in [3.8, 4) is 0 Å². The van der Waals surface area contributed by atoms with Crippen LogP contribution < -0.4 is 0 Å². The molecule has 1 heteroatoms. The summed E-state index contributed by atoms with van der Waals surface area (Å²) in [5.74, 6) is 0.672. The Morgan fingerprint density at radius 3 is 2.89 bits per heavy atom. The van der Waals surface area contributed by atoms with Crippen molar-refractivity contribution >= 4 is 0 Å². The molecule has 0 aromatic rings. The molecule has 0 aromatic carbocycles. The van der Waals surface area contributed by atoms with Gasteiger partial charge < -0.3 is 5.11 Å². The van der Waals surface area contributed by atoms with Gasteiger partial charge in [0.2, 0.25) is 0 Å². The van der Waals surface area contributed by atoms with E-state index in [1.807, 2.05) is 0 Å². The average Bonchev–Trinajstić information content (AvgIpc) is 2.43. The van der Waals surface area contributed by atoms with Crippen LogP contribution in [0.1, 0.15) is 32.6 Å². The Morgan fingerprint density at radius 2 is 2.33 bits per heavy atom. The molecule has 2 rings (SSSR count). The maximum absolute atomic E-state index is 9.38. The second kappa shape index (κ2) is 1.51. The van der Waals surface area contributed by atoms with Gasteiger partial charge in [0.15, 0.2) is 0 Å². The first-order chi connectivity index (χ1) is 4.22. The molecular formula is C8H14O. The summed E-state index contributed by atoms with van der Waals surface area (Å²) in [7, 11) is 0. The Hall–Kier alpha value is -0.0400. The van der Waals surface area contributed by atoms with Crippen molar-refractivity contribution in [3.63, 3.8) is 0 Å². The van der Waals surface area contributed by atoms with Crippen LogP contribution in [0.3, 0.4) is 0 Å². The van der Waals surface area contributed by atoms with E-state index < -0.39 is 0 Å². The zero-order valence-corrected chi connectivity index (χ0v) is 5.93. The zero-order valence-electron chi connectivity index (χ0n) is 5.93. The van der Waals surface area contributed by atoms with Gasteiger partial charge in [-0.25, -0.2) is 0 Å². The van der Waals surface area contributed by atoms with E-state index in [1.165, 1.54) is 19.3 Å². The van der Waals surface area contributed by atoms with E-state index in [2.05, 4.69) is 6.92 Å². The molecule has 2 aliphatic carbocycles. The molecular weight excluding hydrogens is 112 g/mol. The number of hydrogen-bond donors (Lipinski definition) is 1. The second-order valence-electron chi connectivity index (χ2n) is 3.92. The molecule has 0 saturated heterocycles. The number of aliphatic hydroxyl groups is 1. The summed E-state index contributed by atoms with van der Waals surface area (Å²) in [6, 6.07) is 0. The van der Waals surface area contributed by atoms with Crippen molar-refractivity contribution in [2.24, 2.45) is 11.3 Å². The van der Waals surface area contributed by atoms with Crippen LogP contribution in [0.15, 0.2) is 0 Å². The summed E-state index contributed by atoms with van der Waals surface area (Å²) >= 11 is 0. The normalized spacial score (nSPS) is 56.7. The Bertz CT molecular complexity index is 133. The number of rotatable bonds is 0. The highest BCUT2D eigenvalue weighted by molar-refractivity contribution is 5.04. The summed E-state index contributed by atoms with van der Waals surface area (Å²) < 4.78 is 0. The van der Waals surface area contributed by atoms with Crippen LogP contribution in [-0.2, 0) is 0 Å². The lowest BCUT2D eigenvalue weighted by molar-refractivity contribution is 0.0977. The van der Waals surface area contributed by atoms with Crippen LogP contribution >= 0.6 is 0 Å². The van der Waals surface area contributed by atoms with Crippen LogP contribution in [0.2, 0.25) is 0 Å². The molecule has 0 aromatic heterocycles. The first kappa shape index (κ1) is 5.72. The topological polar surface area (TPSA) is 20.2 Å². The fraction of sp³-hybridized carbons (Fsp3) is 1.00. The van der Waals surface area contributed by atoms with Crippen molar-refractivity contribution in [2.75, 3.05) is 0 Å². The van der Waals surface area contributed by atoms with Gasteiger partial charge in [-0.05, 0) is 30.6 Å². The van der Waals surface area contributed by atoms with Gasteiger partial charge in [-0.15, -0.1) is 0 Å². The van der Waals surface area contributed by atoms with Crippen molar-refractivity contribution in [1.29, 1.82) is 0 Å². The molecule has 0 aliphatic heterocycles. The van der Waals surface area contributed by atoms with Crippen molar-refractivity contribution in [1.82, 2.24) is 0 Å². The van der Waals surface area contributed by atoms with Gasteiger partial charge in [-0.2, -0.15) is 0 Å². The van der Waals surface area contributed by atoms with Crippen LogP contribution in [-0.4, -0.2) is 11.2 Å². The number of hydrogen-bond acceptors (Lipinski definition) is 1. The Balaban J connectivity index is 2.07. The highest BCUT2D eigenvalue weighted by Gasteiger charge is 2.54. The Kier molecular flexibility index (Phi) is 0.963. The quantitative estimate of drug-likeness (QED) is 0.522. The van der Waals surface area contributed by atoms with E-state index in [-0.39, 0.29) is 6.10 Å². The molecule has 0 bridgehead atoms. The molecule has 2 aliphatic rings. The Labute approximate surface area is 56.1 Å². The molecule has 1 nitrogen and oxygen atoms in total. The van der Waals surface area contributed by atoms with Crippen LogP contribution in [0.25, 0.3) is 0 Å². The fourth-order valence-electron chi connectivity index (χ4n) is 2.25. The van der Waals surface area contributed by atoms with Crippen molar-refractivity contribution < 1.29 is 5.11 Å². The number of fused-ring (bicyclic) bond motifs is 1. The predicted octanol–water partition coefficient (Wildman–Crippen LogP) is 1.56. The van der Waals surface area contributed by atoms with Gasteiger partial charge in [-0.3, -0.25) is 0 Å². The zero-order chi connectivity index (χ0) is 6.48. The molecule has 9 heavy (non-hydrogen) atoms. The minimum atomic E-state index is 0.0451. The summed E-state index contributed by atoms with van der Waals surface area (Å²) in [4.78, 5) is 0. The van der Waals surface area contributed by atoms with Gasteiger partial charge in [0.05, 0.1) is 6.10 Å². The van der Waals surface area contributed by atoms with Gasteiger partial charge >= 0.3 is 0 Å². The molecule has 0 unspecified atom stereocenters. The first-order valence-electron chi connectivity index (χ1n) is 3.90. The molecule has 1 N–H and O–H groups in total. The first-order valence-corrected chi connectivity index (χ1v) is 3.90. The van der Waals surface area contributed by atoms with E-state index in [9.17, 15) is 5.11 Å². The third-order valence-electron chi connectivity index (χ3n) is 3.13. The van der Waals surface area contributed by atoms with Crippen LogP contribution in [0.4, 0.5) is 0 Å². The lowest BCUT2D eigenvalue weighted by atomic mass is 9.88. The maximum atomic E-state index is 9.38. The molecule has 3 atom stereocenters. The lowest BCUT2D eigenvalue weighted by Crippen LogP contribution is -2.19. The summed E-state index contributed by atoms with van der Waals surface area (Å²) in [6.07, 6.45) is 4.99. The molecule has 0 spiro atoms. The third kappa shape index (κ3) is 0.710. The third-order valence-corrected chi connectivity index (χ3v) is 3.13. The van der Waals surface area contributed by atoms with Crippen LogP contribution in [0.5, 0.6) is 0 Å². The van der Waals surface area contributed by atoms with E-state index in [0.717, 1.165) is 6.42 Å². The molecule has 52 valence electrons. The van der Waals surface area contributed by atoms with E-state index in [1.54, 1.807) is 0 Å². The SMILES string of the molecule is C[C@]12CCC[C@@H](O)[C@@H]1C2. The molecule has 0 radical (unpaired) electrons. The fourth-order valence-corrected chi connectivity index (χ4v) is 2.25. The van der Waals surface area contributed by atoms with Crippen molar-refractivity contribution in [3.05, 3.63) is 0 Å². The van der Waals surface area contributed by atoms with E-state index in [4.69, 9.17) is 0 Å². The standard InChI is InChI=1S/C8H14O/c1-8-4-2-3-7(9)6(8)5-8/h6-7,9H,2-5H2,1H3/t6-,7+,8+/m0/s1. The second-order valence-corrected chi connectivity index (χ2v) is 3.92. The summed E-state index contributed by atoms with van der Waals surface area (Å²) in [5, 5.41) is 9.38. The minimum absolute atomic E-state index is 0.0451. The maximum Gasteiger partial charge on any atom is 0.0573 e. The molecule has 2 saturated carbocycles. The van der Waals surface area contributed by atoms with Crippen molar-refractivity contribution in [2.45, 2.75) is 38.7 Å². The monoisotopic (exact) mass is 126 g/mol. The van der Waals surface area contributed by atoms with Gasteiger partial charge in [0, 0.05) is 0 Å². The van der Waals surface area contributed by atoms with Crippen LogP contribution in [0, 0.1) is 11.3 Å².